The van der Waals surface area contributed by atoms with Crippen molar-refractivity contribution in [3.05, 3.63) is 0 Å². The summed E-state index contributed by atoms with van der Waals surface area (Å²) in [5.74, 6) is -6.87. The lowest BCUT2D eigenvalue weighted by atomic mass is 10.1. The summed E-state index contributed by atoms with van der Waals surface area (Å²) in [7, 11) is 0. The summed E-state index contributed by atoms with van der Waals surface area (Å²) in [6.07, 6.45) is -5.78. The van der Waals surface area contributed by atoms with E-state index in [4.69, 9.17) is 10.2 Å². The van der Waals surface area contributed by atoms with Crippen molar-refractivity contribution in [3.8, 4) is 0 Å². The van der Waals surface area contributed by atoms with Gasteiger partial charge in [-0.2, -0.15) is 22.0 Å². The fraction of sp³-hybridized carbons (Fsp3) is 0.857. The third-order valence-electron chi connectivity index (χ3n) is 1.54. The second-order valence-electron chi connectivity index (χ2n) is 3.27. The number of alkyl halides is 5. The van der Waals surface area contributed by atoms with Crippen LogP contribution in [0, 0.1) is 0 Å². The van der Waals surface area contributed by atoms with Gasteiger partial charge >= 0.3 is 18.1 Å². The Morgan fingerprint density at radius 1 is 1.19 bits per heavy atom. The molecule has 0 fully saturated rings. The molecule has 96 valence electrons. The van der Waals surface area contributed by atoms with Crippen LogP contribution in [0.3, 0.4) is 0 Å². The highest BCUT2D eigenvalue weighted by atomic mass is 19.4. The molecular formula is C7H9F5O4. The predicted molar refractivity (Wildman–Crippen MR) is 40.1 cm³/mol. The third-order valence-corrected chi connectivity index (χ3v) is 1.54. The number of rotatable bonds is 5. The Balaban J connectivity index is 4.24. The van der Waals surface area contributed by atoms with Gasteiger partial charge in [-0.3, -0.25) is 0 Å². The van der Waals surface area contributed by atoms with Crippen LogP contribution in [-0.4, -0.2) is 47.1 Å². The van der Waals surface area contributed by atoms with E-state index >= 15 is 0 Å². The van der Waals surface area contributed by atoms with Crippen LogP contribution in [0.2, 0.25) is 0 Å². The smallest absolute Gasteiger partial charge is 0.455 e. The van der Waals surface area contributed by atoms with Crippen molar-refractivity contribution < 1.29 is 41.7 Å². The van der Waals surface area contributed by atoms with Gasteiger partial charge < -0.3 is 14.9 Å². The van der Waals surface area contributed by atoms with Crippen molar-refractivity contribution in [1.29, 1.82) is 0 Å². The minimum Gasteiger partial charge on any atom is -0.479 e. The molecule has 1 atom stereocenters. The Morgan fingerprint density at radius 2 is 1.62 bits per heavy atom. The topological polar surface area (TPSA) is 66.8 Å². The largest absolute Gasteiger partial charge is 0.479 e. The van der Waals surface area contributed by atoms with Gasteiger partial charge in [0.25, 0.3) is 0 Å². The molecule has 0 aliphatic carbocycles. The predicted octanol–water partition coefficient (Wildman–Crippen LogP) is 1.04. The van der Waals surface area contributed by atoms with Crippen LogP contribution in [0.15, 0.2) is 0 Å². The number of hydrogen-bond donors (Lipinski definition) is 2. The lowest BCUT2D eigenvalue weighted by Crippen LogP contribution is -2.45. The van der Waals surface area contributed by atoms with Gasteiger partial charge in [0.1, 0.15) is 6.61 Å². The SMILES string of the molecule is CC(O)(COCC(F)(F)C(F)(F)F)C(=O)O. The first-order valence-corrected chi connectivity index (χ1v) is 3.88. The van der Waals surface area contributed by atoms with E-state index in [0.29, 0.717) is 6.92 Å². The molecule has 9 heteroatoms. The lowest BCUT2D eigenvalue weighted by molar-refractivity contribution is -0.298. The average Bonchev–Trinajstić information content (AvgIpc) is 2.00. The second kappa shape index (κ2) is 4.50. The molecule has 0 heterocycles. The van der Waals surface area contributed by atoms with Crippen LogP contribution in [0.5, 0.6) is 0 Å². The fourth-order valence-corrected chi connectivity index (χ4v) is 0.522. The fourth-order valence-electron chi connectivity index (χ4n) is 0.522. The second-order valence-corrected chi connectivity index (χ2v) is 3.27. The Bertz CT molecular complexity index is 260. The Labute approximate surface area is 86.6 Å². The summed E-state index contributed by atoms with van der Waals surface area (Å²) >= 11 is 0. The summed E-state index contributed by atoms with van der Waals surface area (Å²) in [5.41, 5.74) is -2.51. The Kier molecular flexibility index (Phi) is 4.23. The van der Waals surface area contributed by atoms with Crippen LogP contribution in [0.1, 0.15) is 6.92 Å². The minimum absolute atomic E-state index is 0.709. The maximum Gasteiger partial charge on any atom is 0.455 e. The molecular weight excluding hydrogens is 243 g/mol. The molecule has 0 rings (SSSR count). The quantitative estimate of drug-likeness (QED) is 0.717. The van der Waals surface area contributed by atoms with Gasteiger partial charge in [-0.15, -0.1) is 0 Å². The number of carboxylic acids is 1. The maximum absolute atomic E-state index is 12.2. The summed E-state index contributed by atoms with van der Waals surface area (Å²) in [5, 5.41) is 17.2. The van der Waals surface area contributed by atoms with Crippen LogP contribution < -0.4 is 0 Å². The number of halogens is 5. The van der Waals surface area contributed by atoms with Crippen LogP contribution >= 0.6 is 0 Å². The molecule has 0 aromatic rings. The third kappa shape index (κ3) is 3.89. The highest BCUT2D eigenvalue weighted by molar-refractivity contribution is 5.76. The molecule has 0 spiro atoms. The van der Waals surface area contributed by atoms with E-state index in [1.54, 1.807) is 0 Å². The molecule has 0 bridgehead atoms. The van der Waals surface area contributed by atoms with Gasteiger partial charge in [0.05, 0.1) is 6.61 Å². The molecule has 2 N–H and O–H groups in total. The van der Waals surface area contributed by atoms with Crippen molar-refractivity contribution in [2.75, 3.05) is 13.2 Å². The van der Waals surface area contributed by atoms with E-state index in [2.05, 4.69) is 4.74 Å². The number of aliphatic hydroxyl groups is 1. The molecule has 1 unspecified atom stereocenters. The standard InChI is InChI=1S/C7H9F5O4/c1-5(15,4(13)14)2-16-3-6(8,9)7(10,11)12/h15H,2-3H2,1H3,(H,13,14). The number of hydrogen-bond acceptors (Lipinski definition) is 3. The zero-order chi connectivity index (χ0) is 13.2. The van der Waals surface area contributed by atoms with Crippen LogP contribution in [-0.2, 0) is 9.53 Å². The van der Waals surface area contributed by atoms with Gasteiger partial charge in [-0.05, 0) is 6.92 Å². The first kappa shape index (κ1) is 15.0. The van der Waals surface area contributed by atoms with E-state index in [1.165, 1.54) is 0 Å². The van der Waals surface area contributed by atoms with Gasteiger partial charge in [0.15, 0.2) is 5.60 Å². The van der Waals surface area contributed by atoms with Crippen LogP contribution in [0.4, 0.5) is 22.0 Å². The molecule has 0 aliphatic rings. The van der Waals surface area contributed by atoms with Gasteiger partial charge in [0.2, 0.25) is 0 Å². The van der Waals surface area contributed by atoms with E-state index in [0.717, 1.165) is 0 Å². The van der Waals surface area contributed by atoms with Gasteiger partial charge in [-0.1, -0.05) is 0 Å². The summed E-state index contributed by atoms with van der Waals surface area (Å²) in [6, 6.07) is 0. The van der Waals surface area contributed by atoms with Crippen molar-refractivity contribution >= 4 is 5.97 Å². The number of ether oxygens (including phenoxy) is 1. The minimum atomic E-state index is -5.78. The summed E-state index contributed by atoms with van der Waals surface area (Å²) < 4.78 is 63.1. The van der Waals surface area contributed by atoms with E-state index in [9.17, 15) is 26.7 Å². The Morgan fingerprint density at radius 3 is 1.94 bits per heavy atom. The first-order chi connectivity index (χ1) is 6.90. The van der Waals surface area contributed by atoms with Gasteiger partial charge in [0, 0.05) is 0 Å². The molecule has 0 aliphatic heterocycles. The van der Waals surface area contributed by atoms with Crippen molar-refractivity contribution in [2.24, 2.45) is 0 Å². The average molecular weight is 252 g/mol. The van der Waals surface area contributed by atoms with Crippen LogP contribution in [0.25, 0.3) is 0 Å². The van der Waals surface area contributed by atoms with Gasteiger partial charge in [-0.25, -0.2) is 4.79 Å². The molecule has 0 aromatic heterocycles. The normalized spacial score (nSPS) is 16.9. The molecule has 0 radical (unpaired) electrons. The molecule has 16 heavy (non-hydrogen) atoms. The maximum atomic E-state index is 12.2. The lowest BCUT2D eigenvalue weighted by Gasteiger charge is -2.22. The molecule has 4 nitrogen and oxygen atoms in total. The highest BCUT2D eigenvalue weighted by Gasteiger charge is 2.57. The first-order valence-electron chi connectivity index (χ1n) is 3.88. The number of carboxylic acid groups (broad SMARTS) is 1. The van der Waals surface area contributed by atoms with E-state index in [-0.39, 0.29) is 0 Å². The molecule has 0 aromatic carbocycles. The zero-order valence-corrected chi connectivity index (χ0v) is 8.01. The zero-order valence-electron chi connectivity index (χ0n) is 8.01. The summed E-state index contributed by atoms with van der Waals surface area (Å²) in [6.45, 7) is -2.50. The van der Waals surface area contributed by atoms with E-state index in [1.807, 2.05) is 0 Å². The van der Waals surface area contributed by atoms with E-state index < -0.39 is 36.9 Å². The Hall–Kier alpha value is -0.960. The molecule has 0 amide bonds. The molecule has 0 saturated heterocycles. The number of carbonyl (C=O) groups is 1. The van der Waals surface area contributed by atoms with Crippen molar-refractivity contribution in [1.82, 2.24) is 0 Å². The molecule has 0 saturated carbocycles. The monoisotopic (exact) mass is 252 g/mol. The summed E-state index contributed by atoms with van der Waals surface area (Å²) in [4.78, 5) is 10.2. The van der Waals surface area contributed by atoms with Crippen molar-refractivity contribution in [3.63, 3.8) is 0 Å². The number of aliphatic carboxylic acids is 1. The van der Waals surface area contributed by atoms with Crippen molar-refractivity contribution in [2.45, 2.75) is 24.6 Å². The highest BCUT2D eigenvalue weighted by Crippen LogP contribution is 2.35.